The quantitative estimate of drug-likeness (QED) is 0.617. The third kappa shape index (κ3) is 4.94. The molecule has 0 aliphatic carbocycles. The molecular weight excluding hydrogens is 176 g/mol. The summed E-state index contributed by atoms with van der Waals surface area (Å²) in [5, 5.41) is 16.4. The number of hydrogen-bond donors (Lipinski definition) is 3. The fraction of sp³-hybridized carbons (Fsp3) is 1.00. The van der Waals surface area contributed by atoms with Gasteiger partial charge in [0.2, 0.25) is 0 Å². The lowest BCUT2D eigenvalue weighted by Crippen LogP contribution is -2.36. The molecule has 0 bridgehead atoms. The Morgan fingerprint density at radius 1 is 1.43 bits per heavy atom. The Bertz CT molecular complexity index is 133. The van der Waals surface area contributed by atoms with Crippen LogP contribution in [0.1, 0.15) is 39.0 Å². The molecule has 1 heterocycles. The molecule has 1 fully saturated rings. The summed E-state index contributed by atoms with van der Waals surface area (Å²) in [4.78, 5) is 0. The summed E-state index contributed by atoms with van der Waals surface area (Å²) in [6.45, 7) is 5.13. The van der Waals surface area contributed by atoms with Crippen molar-refractivity contribution in [3.05, 3.63) is 0 Å². The van der Waals surface area contributed by atoms with Crippen molar-refractivity contribution < 1.29 is 5.11 Å². The normalized spacial score (nSPS) is 25.7. The van der Waals surface area contributed by atoms with E-state index >= 15 is 0 Å². The predicted molar refractivity (Wildman–Crippen MR) is 59.4 cm³/mol. The zero-order valence-electron chi connectivity index (χ0n) is 9.26. The molecule has 1 aliphatic heterocycles. The van der Waals surface area contributed by atoms with E-state index < -0.39 is 0 Å². The molecule has 14 heavy (non-hydrogen) atoms. The number of nitrogens with one attached hydrogen (secondary N) is 2. The molecule has 0 aromatic carbocycles. The van der Waals surface area contributed by atoms with Gasteiger partial charge in [-0.15, -0.1) is 0 Å². The maximum absolute atomic E-state index is 9.57. The van der Waals surface area contributed by atoms with E-state index in [1.54, 1.807) is 0 Å². The maximum Gasteiger partial charge on any atom is 0.0664 e. The first kappa shape index (κ1) is 12.0. The Morgan fingerprint density at radius 2 is 2.29 bits per heavy atom. The van der Waals surface area contributed by atoms with Crippen molar-refractivity contribution in [1.29, 1.82) is 0 Å². The second-order valence-electron chi connectivity index (χ2n) is 4.23. The van der Waals surface area contributed by atoms with Crippen LogP contribution in [0.15, 0.2) is 0 Å². The molecule has 0 amide bonds. The average molecular weight is 200 g/mol. The van der Waals surface area contributed by atoms with Crippen molar-refractivity contribution in [2.45, 2.75) is 51.2 Å². The van der Waals surface area contributed by atoms with Gasteiger partial charge in [-0.25, -0.2) is 0 Å². The third-order valence-electron chi connectivity index (χ3n) is 2.84. The highest BCUT2D eigenvalue weighted by molar-refractivity contribution is 4.73. The topological polar surface area (TPSA) is 44.3 Å². The van der Waals surface area contributed by atoms with Crippen LogP contribution in [-0.4, -0.2) is 36.9 Å². The van der Waals surface area contributed by atoms with Gasteiger partial charge in [0.15, 0.2) is 0 Å². The third-order valence-corrected chi connectivity index (χ3v) is 2.84. The maximum atomic E-state index is 9.57. The molecule has 0 saturated carbocycles. The Labute approximate surface area is 87.3 Å². The number of rotatable bonds is 5. The lowest BCUT2D eigenvalue weighted by Gasteiger charge is -2.18. The lowest BCUT2D eigenvalue weighted by molar-refractivity contribution is 0.155. The average Bonchev–Trinajstić information content (AvgIpc) is 2.43. The van der Waals surface area contributed by atoms with Crippen LogP contribution in [0.25, 0.3) is 0 Å². The Balaban J connectivity index is 2.09. The van der Waals surface area contributed by atoms with Gasteiger partial charge in [0.25, 0.3) is 0 Å². The van der Waals surface area contributed by atoms with Gasteiger partial charge in [0.1, 0.15) is 0 Å². The van der Waals surface area contributed by atoms with Gasteiger partial charge < -0.3 is 15.7 Å². The smallest absolute Gasteiger partial charge is 0.0664 e. The van der Waals surface area contributed by atoms with Gasteiger partial charge in [-0.05, 0) is 38.8 Å². The zero-order valence-corrected chi connectivity index (χ0v) is 9.26. The van der Waals surface area contributed by atoms with E-state index in [-0.39, 0.29) is 6.10 Å². The summed E-state index contributed by atoms with van der Waals surface area (Å²) < 4.78 is 0. The highest BCUT2D eigenvalue weighted by Crippen LogP contribution is 2.05. The van der Waals surface area contributed by atoms with Crippen molar-refractivity contribution in [2.24, 2.45) is 0 Å². The monoisotopic (exact) mass is 200 g/mol. The SMILES string of the molecule is CCCC(O)CNC1CCCNCC1. The molecule has 2 unspecified atom stereocenters. The van der Waals surface area contributed by atoms with E-state index in [4.69, 9.17) is 0 Å². The molecule has 3 nitrogen and oxygen atoms in total. The second kappa shape index (κ2) is 7.21. The molecule has 2 atom stereocenters. The van der Waals surface area contributed by atoms with Crippen LogP contribution < -0.4 is 10.6 Å². The molecule has 1 aliphatic rings. The van der Waals surface area contributed by atoms with Gasteiger partial charge in [0.05, 0.1) is 6.10 Å². The molecular formula is C11H24N2O. The molecule has 3 heteroatoms. The van der Waals surface area contributed by atoms with Crippen molar-refractivity contribution >= 4 is 0 Å². The van der Waals surface area contributed by atoms with Crippen LogP contribution >= 0.6 is 0 Å². The first-order valence-electron chi connectivity index (χ1n) is 5.95. The van der Waals surface area contributed by atoms with E-state index in [2.05, 4.69) is 17.6 Å². The fourth-order valence-corrected chi connectivity index (χ4v) is 1.96. The van der Waals surface area contributed by atoms with E-state index in [1.165, 1.54) is 19.3 Å². The Kier molecular flexibility index (Phi) is 6.15. The van der Waals surface area contributed by atoms with Crippen LogP contribution in [-0.2, 0) is 0 Å². The van der Waals surface area contributed by atoms with Crippen LogP contribution in [0, 0.1) is 0 Å². The van der Waals surface area contributed by atoms with Crippen LogP contribution in [0.4, 0.5) is 0 Å². The fourth-order valence-electron chi connectivity index (χ4n) is 1.96. The van der Waals surface area contributed by atoms with E-state index in [0.29, 0.717) is 6.04 Å². The van der Waals surface area contributed by atoms with Gasteiger partial charge in [-0.2, -0.15) is 0 Å². The molecule has 1 saturated heterocycles. The van der Waals surface area contributed by atoms with Gasteiger partial charge in [-0.3, -0.25) is 0 Å². The lowest BCUT2D eigenvalue weighted by atomic mass is 10.1. The molecule has 3 N–H and O–H groups in total. The van der Waals surface area contributed by atoms with Crippen LogP contribution in [0.2, 0.25) is 0 Å². The standard InChI is InChI=1S/C11H24N2O/c1-2-4-11(14)9-13-10-5-3-7-12-8-6-10/h10-14H,2-9H2,1H3. The summed E-state index contributed by atoms with van der Waals surface area (Å²) in [6.07, 6.45) is 5.51. The van der Waals surface area contributed by atoms with Crippen molar-refractivity contribution in [1.82, 2.24) is 10.6 Å². The largest absolute Gasteiger partial charge is 0.392 e. The van der Waals surface area contributed by atoms with Gasteiger partial charge in [-0.1, -0.05) is 13.3 Å². The highest BCUT2D eigenvalue weighted by atomic mass is 16.3. The van der Waals surface area contributed by atoms with Crippen molar-refractivity contribution in [3.8, 4) is 0 Å². The minimum Gasteiger partial charge on any atom is -0.392 e. The summed E-state index contributed by atoms with van der Waals surface area (Å²) in [6, 6.07) is 0.608. The highest BCUT2D eigenvalue weighted by Gasteiger charge is 2.12. The van der Waals surface area contributed by atoms with Crippen molar-refractivity contribution in [2.75, 3.05) is 19.6 Å². The van der Waals surface area contributed by atoms with Gasteiger partial charge in [0, 0.05) is 12.6 Å². The molecule has 1 rings (SSSR count). The number of hydrogen-bond acceptors (Lipinski definition) is 3. The van der Waals surface area contributed by atoms with E-state index in [0.717, 1.165) is 32.5 Å². The minimum absolute atomic E-state index is 0.156. The first-order valence-corrected chi connectivity index (χ1v) is 5.95. The Morgan fingerprint density at radius 3 is 3.07 bits per heavy atom. The Hall–Kier alpha value is -0.120. The van der Waals surface area contributed by atoms with Crippen LogP contribution in [0.5, 0.6) is 0 Å². The van der Waals surface area contributed by atoms with E-state index in [1.807, 2.05) is 0 Å². The number of aliphatic hydroxyl groups excluding tert-OH is 1. The molecule has 0 aromatic heterocycles. The van der Waals surface area contributed by atoms with E-state index in [9.17, 15) is 5.11 Å². The molecule has 0 radical (unpaired) electrons. The molecule has 0 aromatic rings. The predicted octanol–water partition coefficient (Wildman–Crippen LogP) is 0.879. The van der Waals surface area contributed by atoms with Crippen molar-refractivity contribution in [3.63, 3.8) is 0 Å². The van der Waals surface area contributed by atoms with Crippen LogP contribution in [0.3, 0.4) is 0 Å². The first-order chi connectivity index (χ1) is 6.83. The second-order valence-corrected chi connectivity index (χ2v) is 4.23. The summed E-state index contributed by atoms with van der Waals surface area (Å²) in [5.41, 5.74) is 0. The number of aliphatic hydroxyl groups is 1. The zero-order chi connectivity index (χ0) is 10.2. The summed E-state index contributed by atoms with van der Waals surface area (Å²) >= 11 is 0. The minimum atomic E-state index is -0.156. The summed E-state index contributed by atoms with van der Waals surface area (Å²) in [5.74, 6) is 0. The van der Waals surface area contributed by atoms with Gasteiger partial charge >= 0.3 is 0 Å². The summed E-state index contributed by atoms with van der Waals surface area (Å²) in [7, 11) is 0. The molecule has 0 spiro atoms. The molecule has 84 valence electrons.